The van der Waals surface area contributed by atoms with E-state index in [1.165, 1.54) is 69.9 Å². The van der Waals surface area contributed by atoms with Gasteiger partial charge in [-0.25, -0.2) is 0 Å². The quantitative estimate of drug-likeness (QED) is 0.0654. The molecule has 34 heteroatoms. The van der Waals surface area contributed by atoms with Crippen LogP contribution in [0.25, 0.3) is 0 Å². The number of hydrogen-bond donors (Lipinski definition) is 18. The van der Waals surface area contributed by atoms with Gasteiger partial charge in [-0.2, -0.15) is 0 Å². The Hall–Kier alpha value is -9.51. The number of ketones is 7. The molecule has 628 valence electrons. The first-order chi connectivity index (χ1) is 55.3. The van der Waals surface area contributed by atoms with E-state index >= 15 is 0 Å². The molecule has 0 aromatic heterocycles. The Morgan fingerprint density at radius 1 is 0.453 bits per heavy atom. The van der Waals surface area contributed by atoms with Gasteiger partial charge in [0, 0.05) is 132 Å². The molecule has 0 bridgehead atoms. The molecular weight excluding hydrogens is 1530 g/mol. The lowest BCUT2D eigenvalue weighted by molar-refractivity contribution is -0.256. The minimum absolute atomic E-state index is 0.00423. The molecule has 6 aromatic carbocycles. The van der Waals surface area contributed by atoms with Gasteiger partial charge in [-0.1, -0.05) is 50.2 Å². The van der Waals surface area contributed by atoms with Gasteiger partial charge < -0.3 is 136 Å². The Bertz CT molecular complexity index is 4810. The summed E-state index contributed by atoms with van der Waals surface area (Å²) in [6.45, 7) is 6.38. The molecule has 117 heavy (non-hydrogen) atoms. The highest BCUT2D eigenvalue weighted by molar-refractivity contribution is 6.33. The van der Waals surface area contributed by atoms with Crippen LogP contribution >= 0.6 is 0 Å². The standard InChI is InChI=1S/2C28H33NO10.C27H29NO11/c1-11(10-30)28(36)8-14-20(17(9-28)39-18-7-15(29)23(31)12(2)38-18)27(35)22-21(25(14)33)24(32)13-5-4-6-16(37-3)19(13)26(22)34;1-11-7-18(38-12(2)23(11)31)39-16-9-28(36,17(29)10-30)8-14-20(16)27(35)22-21(25(14)33)24(32)13-5-4-6-15(37-3)19(13)26(22)34;1-10-22(31)13(28)6-17(38-10)39-15-8-27(36,16(30)9-29)7-12-19(15)26(35)21-20(24(12)33)23(32)11-4-3-5-14(37-2)18(11)25(21)34/h4-6,11-12,15,17-18,23,30-31,33,35-36H,7-10,29H2,1-3H3;4-6,11-12,16-18,23,30-31,33,35-36H,7-10,29H2,1-3H3;3-5,10,13,15,17,22,29,31,33,35-36H,6-9,28H2,1-2H3/t11?,12?,15?,17-,18?,23?,28-;11?,12?,16-,17?,18?,23?,28-;10?,13?,15-,17?,22?,27-/m000/s1. The first-order valence-electron chi connectivity index (χ1n) is 38.2. The van der Waals surface area contributed by atoms with Crippen LogP contribution in [0.1, 0.15) is 220 Å². The summed E-state index contributed by atoms with van der Waals surface area (Å²) in [7, 11) is 4.03. The zero-order valence-corrected chi connectivity index (χ0v) is 65.0. The summed E-state index contributed by atoms with van der Waals surface area (Å²) in [6, 6.07) is 10.8. The normalized spacial score (nSPS) is 30.5. The molecule has 6 aliphatic carbocycles. The van der Waals surface area contributed by atoms with E-state index in [1.54, 1.807) is 33.8 Å². The summed E-state index contributed by atoms with van der Waals surface area (Å²) < 4.78 is 51.6. The number of methoxy groups -OCH3 is 3. The fraction of sp³-hybridized carbons (Fsp3) is 0.482. The number of fused-ring (bicyclic) bond motifs is 9. The van der Waals surface area contributed by atoms with Crippen molar-refractivity contribution in [1.29, 1.82) is 0 Å². The Morgan fingerprint density at radius 3 is 1.11 bits per heavy atom. The lowest BCUT2D eigenvalue weighted by Crippen LogP contribution is -2.55. The second-order valence-electron chi connectivity index (χ2n) is 31.6. The third kappa shape index (κ3) is 14.4. The van der Waals surface area contributed by atoms with Crippen molar-refractivity contribution >= 4 is 40.5 Å². The topological polar surface area (TPSA) is 584 Å². The number of aliphatic hydroxyl groups is 9. The van der Waals surface area contributed by atoms with Crippen molar-refractivity contribution in [3.63, 3.8) is 0 Å². The number of aliphatic hydroxyl groups excluding tert-OH is 6. The smallest absolute Gasteiger partial charge is 0.202 e. The lowest BCUT2D eigenvalue weighted by Gasteiger charge is -2.44. The molecular formula is C83H95N3O31. The third-order valence-electron chi connectivity index (χ3n) is 24.5. The van der Waals surface area contributed by atoms with Crippen LogP contribution in [0.2, 0.25) is 0 Å². The van der Waals surface area contributed by atoms with Crippen molar-refractivity contribution in [3.05, 3.63) is 155 Å². The Kier molecular flexibility index (Phi) is 23.6. The van der Waals surface area contributed by atoms with Crippen LogP contribution < -0.4 is 31.4 Å². The summed E-state index contributed by atoms with van der Waals surface area (Å²) in [5, 5.41) is 163. The third-order valence-corrected chi connectivity index (χ3v) is 24.5. The van der Waals surface area contributed by atoms with Crippen LogP contribution in [0.15, 0.2) is 54.6 Å². The fourth-order valence-electron chi connectivity index (χ4n) is 17.8. The van der Waals surface area contributed by atoms with E-state index in [2.05, 4.69) is 0 Å². The van der Waals surface area contributed by atoms with Crippen LogP contribution in [-0.2, 0) is 52.5 Å². The number of benzene rings is 6. The second-order valence-corrected chi connectivity index (χ2v) is 31.6. The minimum Gasteiger partial charge on any atom is -0.507 e. The minimum atomic E-state index is -2.24. The van der Waals surface area contributed by atoms with E-state index < -0.39 is 232 Å². The van der Waals surface area contributed by atoms with E-state index in [4.69, 9.17) is 59.8 Å². The average Bonchev–Trinajstić information content (AvgIpc) is 0.719. The number of carbonyl (C=O) groups is 7. The molecule has 3 fully saturated rings. The maximum Gasteiger partial charge on any atom is 0.202 e. The Labute approximate surface area is 668 Å². The van der Waals surface area contributed by atoms with Crippen LogP contribution in [0.3, 0.4) is 0 Å². The Morgan fingerprint density at radius 2 is 0.778 bits per heavy atom. The predicted molar refractivity (Wildman–Crippen MR) is 404 cm³/mol. The first-order valence-corrected chi connectivity index (χ1v) is 38.2. The van der Waals surface area contributed by atoms with Gasteiger partial charge in [0.1, 0.15) is 64.0 Å². The van der Waals surface area contributed by atoms with Crippen LogP contribution in [-0.4, -0.2) is 249 Å². The number of carbonyl (C=O) groups excluding carboxylic acids is 7. The number of phenolic OH excluding ortho intramolecular Hbond substituents is 6. The monoisotopic (exact) mass is 1630 g/mol. The molecule has 0 radical (unpaired) electrons. The van der Waals surface area contributed by atoms with Gasteiger partial charge in [-0.15, -0.1) is 0 Å². The van der Waals surface area contributed by atoms with E-state index in [-0.39, 0.29) is 152 Å². The highest BCUT2D eigenvalue weighted by Crippen LogP contribution is 2.58. The summed E-state index contributed by atoms with van der Waals surface area (Å²) in [5.74, 6) is -9.38. The maximum absolute atomic E-state index is 13.7. The van der Waals surface area contributed by atoms with Crippen molar-refractivity contribution in [2.75, 3.05) is 41.2 Å². The van der Waals surface area contributed by atoms with Gasteiger partial charge >= 0.3 is 0 Å². The maximum atomic E-state index is 13.7. The van der Waals surface area contributed by atoms with Gasteiger partial charge in [0.05, 0.1) is 150 Å². The van der Waals surface area contributed by atoms with E-state index in [1.807, 2.05) is 6.92 Å². The molecule has 21 N–H and O–H groups in total. The SMILES string of the molecule is COc1cccc2c1C(=O)c1c(O)c3c(c(O)c1C2=O)C[C@@](O)(C(=O)CO)C[C@@H]3OC1CC(N)C(O)C(C)O1.COc1cccc2c1C(=O)c1c(O)c3c(c(O)c1C2=O)C[C@@](O)(C(C)CO)C[C@@H]3OC1CC(N)C(O)C(C)O1.COc1cccc2c1C(=O)c1c(O)c3c(c(O)c1C2=O)C[C@@](O)(C(N)CO)C[C@@H]3OC1CC(C)C(O)C(C)O1. The van der Waals surface area contributed by atoms with Crippen LogP contribution in [0.4, 0.5) is 0 Å². The molecule has 34 nitrogen and oxygen atoms in total. The first kappa shape index (κ1) is 85.4. The van der Waals surface area contributed by atoms with Crippen molar-refractivity contribution < 1.29 is 153 Å². The molecule has 14 unspecified atom stereocenters. The van der Waals surface area contributed by atoms with Gasteiger partial charge in [-0.3, -0.25) is 33.6 Å². The molecule has 3 heterocycles. The van der Waals surface area contributed by atoms with Crippen LogP contribution in [0, 0.1) is 11.8 Å². The van der Waals surface area contributed by atoms with Crippen molar-refractivity contribution in [2.24, 2.45) is 29.0 Å². The number of phenols is 6. The molecule has 0 amide bonds. The average molecular weight is 1630 g/mol. The molecule has 15 rings (SSSR count). The molecule has 0 spiro atoms. The molecule has 20 atom stereocenters. The Balaban J connectivity index is 0.000000152. The molecule has 3 aliphatic heterocycles. The van der Waals surface area contributed by atoms with E-state index in [0.29, 0.717) is 6.42 Å². The lowest BCUT2D eigenvalue weighted by atomic mass is 9.69. The van der Waals surface area contributed by atoms with E-state index in [9.17, 15) is 110 Å². The van der Waals surface area contributed by atoms with Gasteiger partial charge in [0.2, 0.25) is 17.3 Å². The number of Topliss-reactive ketones (excluding diaryl/α,β-unsaturated/α-hetero) is 1. The molecule has 3 saturated heterocycles. The number of aromatic hydroxyl groups is 6. The van der Waals surface area contributed by atoms with Crippen LogP contribution in [0.5, 0.6) is 51.7 Å². The molecule has 0 saturated carbocycles. The van der Waals surface area contributed by atoms with Crippen molar-refractivity contribution in [2.45, 2.75) is 201 Å². The fourth-order valence-corrected chi connectivity index (χ4v) is 17.8. The van der Waals surface area contributed by atoms with Gasteiger partial charge in [0.25, 0.3) is 0 Å². The van der Waals surface area contributed by atoms with Gasteiger partial charge in [-0.05, 0) is 44.9 Å². The van der Waals surface area contributed by atoms with E-state index in [0.717, 1.165) is 0 Å². The number of rotatable bonds is 15. The zero-order chi connectivity index (χ0) is 85.2. The number of ether oxygens (including phenoxy) is 9. The molecule has 6 aromatic rings. The summed E-state index contributed by atoms with van der Waals surface area (Å²) in [4.78, 5) is 94.2. The van der Waals surface area contributed by atoms with Gasteiger partial charge in [0.15, 0.2) is 42.0 Å². The molecule has 9 aliphatic rings. The number of nitrogens with two attached hydrogens (primary N) is 3. The largest absolute Gasteiger partial charge is 0.507 e. The highest BCUT2D eigenvalue weighted by Gasteiger charge is 2.55. The summed E-state index contributed by atoms with van der Waals surface area (Å²) in [5.41, 5.74) is 9.60. The predicted octanol–water partition coefficient (Wildman–Crippen LogP) is 2.14. The number of hydrogen-bond acceptors (Lipinski definition) is 34. The van der Waals surface area contributed by atoms with Crippen molar-refractivity contribution in [1.82, 2.24) is 0 Å². The van der Waals surface area contributed by atoms with Crippen molar-refractivity contribution in [3.8, 4) is 51.7 Å². The summed E-state index contributed by atoms with van der Waals surface area (Å²) in [6.07, 6.45) is -12.5. The highest BCUT2D eigenvalue weighted by atomic mass is 16.7. The zero-order valence-electron chi connectivity index (χ0n) is 65.0. The summed E-state index contributed by atoms with van der Waals surface area (Å²) >= 11 is 0. The second kappa shape index (κ2) is 32.3.